The average Bonchev–Trinajstić information content (AvgIpc) is 2.45. The molecule has 0 radical (unpaired) electrons. The second-order valence-electron chi connectivity index (χ2n) is 5.30. The summed E-state index contributed by atoms with van der Waals surface area (Å²) in [6, 6.07) is 3.64. The molecule has 0 saturated heterocycles. The number of hydrogen-bond acceptors (Lipinski definition) is 3. The standard InChI is InChI=1S/C15H22F2N2O/c1-2-20-15(9-4-3-5-10-15)14(19-18)11-7-6-8-12(16)13(11)17/h6-8,14,19H,2-5,9-10,18H2,1H3. The maximum atomic E-state index is 14.1. The molecule has 1 aliphatic rings. The zero-order valence-electron chi connectivity index (χ0n) is 11.8. The quantitative estimate of drug-likeness (QED) is 0.645. The molecular weight excluding hydrogens is 262 g/mol. The summed E-state index contributed by atoms with van der Waals surface area (Å²) in [5.74, 6) is 3.95. The van der Waals surface area contributed by atoms with Gasteiger partial charge in [0.2, 0.25) is 0 Å². The van der Waals surface area contributed by atoms with Gasteiger partial charge in [0, 0.05) is 12.2 Å². The fraction of sp³-hybridized carbons (Fsp3) is 0.600. The van der Waals surface area contributed by atoms with E-state index < -0.39 is 23.3 Å². The maximum absolute atomic E-state index is 14.1. The van der Waals surface area contributed by atoms with Gasteiger partial charge in [0.1, 0.15) is 0 Å². The van der Waals surface area contributed by atoms with Crippen molar-refractivity contribution in [1.82, 2.24) is 5.43 Å². The number of benzene rings is 1. The zero-order valence-corrected chi connectivity index (χ0v) is 11.8. The summed E-state index contributed by atoms with van der Waals surface area (Å²) < 4.78 is 33.5. The van der Waals surface area contributed by atoms with Gasteiger partial charge in [-0.05, 0) is 25.8 Å². The molecule has 0 spiro atoms. The Hall–Kier alpha value is -1.04. The van der Waals surface area contributed by atoms with E-state index in [9.17, 15) is 8.78 Å². The predicted molar refractivity (Wildman–Crippen MR) is 73.9 cm³/mol. The third-order valence-corrected chi connectivity index (χ3v) is 4.12. The molecule has 112 valence electrons. The van der Waals surface area contributed by atoms with Crippen LogP contribution >= 0.6 is 0 Å². The Kier molecular flexibility index (Phi) is 5.07. The lowest BCUT2D eigenvalue weighted by atomic mass is 9.76. The summed E-state index contributed by atoms with van der Waals surface area (Å²) in [7, 11) is 0. The highest BCUT2D eigenvalue weighted by Gasteiger charge is 2.42. The van der Waals surface area contributed by atoms with Crippen molar-refractivity contribution in [3.05, 3.63) is 35.4 Å². The lowest BCUT2D eigenvalue weighted by molar-refractivity contribution is -0.0920. The van der Waals surface area contributed by atoms with Gasteiger partial charge in [-0.1, -0.05) is 31.4 Å². The number of nitrogens with two attached hydrogens (primary N) is 1. The van der Waals surface area contributed by atoms with Crippen molar-refractivity contribution in [2.75, 3.05) is 6.61 Å². The van der Waals surface area contributed by atoms with Crippen LogP contribution in [0.4, 0.5) is 8.78 Å². The van der Waals surface area contributed by atoms with Gasteiger partial charge in [0.15, 0.2) is 11.6 Å². The van der Waals surface area contributed by atoms with Gasteiger partial charge in [0.25, 0.3) is 0 Å². The Bertz CT molecular complexity index is 442. The molecule has 1 unspecified atom stereocenters. The molecule has 3 N–H and O–H groups in total. The van der Waals surface area contributed by atoms with Crippen LogP contribution in [-0.4, -0.2) is 12.2 Å². The van der Waals surface area contributed by atoms with E-state index in [0.29, 0.717) is 6.61 Å². The highest BCUT2D eigenvalue weighted by Crippen LogP contribution is 2.42. The molecule has 20 heavy (non-hydrogen) atoms. The number of ether oxygens (including phenoxy) is 1. The van der Waals surface area contributed by atoms with Crippen molar-refractivity contribution in [2.45, 2.75) is 50.7 Å². The molecule has 1 atom stereocenters. The molecule has 1 aromatic carbocycles. The van der Waals surface area contributed by atoms with Gasteiger partial charge in [-0.25, -0.2) is 14.2 Å². The Morgan fingerprint density at radius 2 is 2.00 bits per heavy atom. The van der Waals surface area contributed by atoms with Gasteiger partial charge in [-0.15, -0.1) is 0 Å². The van der Waals surface area contributed by atoms with Crippen molar-refractivity contribution in [2.24, 2.45) is 5.84 Å². The highest BCUT2D eigenvalue weighted by atomic mass is 19.2. The van der Waals surface area contributed by atoms with Gasteiger partial charge >= 0.3 is 0 Å². The lowest BCUT2D eigenvalue weighted by Gasteiger charge is -2.43. The van der Waals surface area contributed by atoms with E-state index in [2.05, 4.69) is 5.43 Å². The summed E-state index contributed by atoms with van der Waals surface area (Å²) in [5, 5.41) is 0. The lowest BCUT2D eigenvalue weighted by Crippen LogP contribution is -2.50. The maximum Gasteiger partial charge on any atom is 0.163 e. The minimum absolute atomic E-state index is 0.239. The van der Waals surface area contributed by atoms with Crippen LogP contribution in [0, 0.1) is 11.6 Å². The summed E-state index contributed by atoms with van der Waals surface area (Å²) in [6.07, 6.45) is 4.75. The van der Waals surface area contributed by atoms with E-state index in [4.69, 9.17) is 10.6 Å². The zero-order chi connectivity index (χ0) is 14.6. The Labute approximate surface area is 118 Å². The van der Waals surface area contributed by atoms with Crippen LogP contribution in [-0.2, 0) is 4.74 Å². The van der Waals surface area contributed by atoms with Crippen LogP contribution in [0.1, 0.15) is 50.6 Å². The first kappa shape index (κ1) is 15.4. The van der Waals surface area contributed by atoms with E-state index in [1.54, 1.807) is 6.07 Å². The number of hydrogen-bond donors (Lipinski definition) is 2. The van der Waals surface area contributed by atoms with E-state index in [1.807, 2.05) is 6.92 Å². The number of halogens is 2. The van der Waals surface area contributed by atoms with Crippen LogP contribution < -0.4 is 11.3 Å². The number of hydrazine groups is 1. The molecule has 1 fully saturated rings. The second kappa shape index (κ2) is 6.61. The van der Waals surface area contributed by atoms with Crippen LogP contribution in [0.15, 0.2) is 18.2 Å². The number of rotatable bonds is 5. The Morgan fingerprint density at radius 3 is 2.60 bits per heavy atom. The van der Waals surface area contributed by atoms with E-state index >= 15 is 0 Å². The van der Waals surface area contributed by atoms with Gasteiger partial charge in [0.05, 0.1) is 11.6 Å². The van der Waals surface area contributed by atoms with Crippen molar-refractivity contribution < 1.29 is 13.5 Å². The predicted octanol–water partition coefficient (Wildman–Crippen LogP) is 3.21. The first-order chi connectivity index (χ1) is 9.64. The average molecular weight is 284 g/mol. The molecule has 1 saturated carbocycles. The normalized spacial score (nSPS) is 19.8. The molecule has 0 heterocycles. The molecule has 1 aliphatic carbocycles. The van der Waals surface area contributed by atoms with Crippen molar-refractivity contribution in [3.8, 4) is 0 Å². The first-order valence-corrected chi connectivity index (χ1v) is 7.18. The molecular formula is C15H22F2N2O. The van der Waals surface area contributed by atoms with Gasteiger partial charge in [-0.3, -0.25) is 5.84 Å². The third kappa shape index (κ3) is 2.85. The molecule has 0 aromatic heterocycles. The smallest absolute Gasteiger partial charge is 0.163 e. The number of nitrogens with one attached hydrogen (secondary N) is 1. The molecule has 5 heteroatoms. The van der Waals surface area contributed by atoms with Crippen LogP contribution in [0.5, 0.6) is 0 Å². The first-order valence-electron chi connectivity index (χ1n) is 7.18. The minimum Gasteiger partial charge on any atom is -0.373 e. The topological polar surface area (TPSA) is 47.3 Å². The Balaban J connectivity index is 2.39. The van der Waals surface area contributed by atoms with Crippen molar-refractivity contribution in [3.63, 3.8) is 0 Å². The van der Waals surface area contributed by atoms with Gasteiger partial charge < -0.3 is 4.74 Å². The van der Waals surface area contributed by atoms with E-state index in [0.717, 1.165) is 38.2 Å². The summed E-state index contributed by atoms with van der Waals surface area (Å²) in [4.78, 5) is 0. The van der Waals surface area contributed by atoms with Crippen LogP contribution in [0.2, 0.25) is 0 Å². The van der Waals surface area contributed by atoms with Crippen LogP contribution in [0.25, 0.3) is 0 Å². The Morgan fingerprint density at radius 1 is 1.30 bits per heavy atom. The monoisotopic (exact) mass is 284 g/mol. The van der Waals surface area contributed by atoms with Crippen molar-refractivity contribution >= 4 is 0 Å². The van der Waals surface area contributed by atoms with Crippen LogP contribution in [0.3, 0.4) is 0 Å². The molecule has 2 rings (SSSR count). The molecule has 1 aromatic rings. The SMILES string of the molecule is CCOC1(C(NN)c2cccc(F)c2F)CCCCC1. The fourth-order valence-electron chi connectivity index (χ4n) is 3.22. The minimum atomic E-state index is -0.856. The molecule has 3 nitrogen and oxygen atoms in total. The van der Waals surface area contributed by atoms with E-state index in [-0.39, 0.29) is 5.56 Å². The fourth-order valence-corrected chi connectivity index (χ4v) is 3.22. The summed E-state index contributed by atoms with van der Waals surface area (Å²) in [5.41, 5.74) is 2.33. The third-order valence-electron chi connectivity index (χ3n) is 4.12. The highest BCUT2D eigenvalue weighted by molar-refractivity contribution is 5.25. The molecule has 0 bridgehead atoms. The van der Waals surface area contributed by atoms with Gasteiger partial charge in [-0.2, -0.15) is 0 Å². The van der Waals surface area contributed by atoms with Crippen molar-refractivity contribution in [1.29, 1.82) is 0 Å². The largest absolute Gasteiger partial charge is 0.373 e. The summed E-state index contributed by atoms with van der Waals surface area (Å²) in [6.45, 7) is 2.43. The molecule has 0 aliphatic heterocycles. The van der Waals surface area contributed by atoms with E-state index in [1.165, 1.54) is 6.07 Å². The summed E-state index contributed by atoms with van der Waals surface area (Å²) >= 11 is 0. The second-order valence-corrected chi connectivity index (χ2v) is 5.30. The molecule has 0 amide bonds.